The van der Waals surface area contributed by atoms with Crippen molar-refractivity contribution in [3.8, 4) is 11.2 Å². The fraction of sp³-hybridized carbons (Fsp3) is 0.273. The van der Waals surface area contributed by atoms with E-state index in [2.05, 4.69) is 42.4 Å². The Labute approximate surface area is 78.4 Å². The summed E-state index contributed by atoms with van der Waals surface area (Å²) in [6, 6.07) is 8.42. The van der Waals surface area contributed by atoms with E-state index in [1.807, 2.05) is 6.92 Å². The van der Waals surface area contributed by atoms with Gasteiger partial charge in [-0.05, 0) is 30.2 Å². The van der Waals surface area contributed by atoms with Gasteiger partial charge in [0.25, 0.3) is 0 Å². The second-order valence-corrected chi connectivity index (χ2v) is 3.35. The number of hydrogen-bond acceptors (Lipinski definition) is 1. The first kappa shape index (κ1) is 9.22. The Balaban J connectivity index is 2.61. The first-order valence-corrected chi connectivity index (χ1v) is 4.91. The van der Waals surface area contributed by atoms with Crippen molar-refractivity contribution in [1.29, 1.82) is 0 Å². The highest BCUT2D eigenvalue weighted by atomic mass is 32.2. The second-order valence-electron chi connectivity index (χ2n) is 2.57. The zero-order chi connectivity index (χ0) is 8.81. The average Bonchev–Trinajstić information content (AvgIpc) is 2.09. The van der Waals surface area contributed by atoms with Gasteiger partial charge in [0.2, 0.25) is 0 Å². The van der Waals surface area contributed by atoms with Crippen LogP contribution in [0.1, 0.15) is 18.1 Å². The highest BCUT2D eigenvalue weighted by molar-refractivity contribution is 8.03. The minimum Gasteiger partial charge on any atom is -0.0947 e. The van der Waals surface area contributed by atoms with Crippen molar-refractivity contribution in [3.05, 3.63) is 35.4 Å². The van der Waals surface area contributed by atoms with E-state index in [-0.39, 0.29) is 0 Å². The van der Waals surface area contributed by atoms with Crippen molar-refractivity contribution in [1.82, 2.24) is 0 Å². The molecule has 12 heavy (non-hydrogen) atoms. The van der Waals surface area contributed by atoms with Crippen LogP contribution in [0.4, 0.5) is 0 Å². The topological polar surface area (TPSA) is 0 Å². The molecule has 0 radical (unpaired) electrons. The molecule has 1 aromatic rings. The van der Waals surface area contributed by atoms with Crippen LogP contribution in [0.5, 0.6) is 0 Å². The minimum absolute atomic E-state index is 0.994. The molecule has 1 aromatic carbocycles. The predicted octanol–water partition coefficient (Wildman–Crippen LogP) is 3.21. The third-order valence-corrected chi connectivity index (χ3v) is 2.47. The minimum atomic E-state index is 0.994. The van der Waals surface area contributed by atoms with Crippen LogP contribution in [0.3, 0.4) is 0 Å². The Bertz CT molecular complexity index is 304. The highest BCUT2D eigenvalue weighted by Gasteiger charge is 1.94. The molecule has 0 aliphatic carbocycles. The lowest BCUT2D eigenvalue weighted by Crippen LogP contribution is -1.83. The van der Waals surface area contributed by atoms with E-state index in [4.69, 9.17) is 0 Å². The van der Waals surface area contributed by atoms with Crippen LogP contribution >= 0.6 is 11.8 Å². The van der Waals surface area contributed by atoms with Gasteiger partial charge in [-0.15, -0.1) is 0 Å². The van der Waals surface area contributed by atoms with Crippen molar-refractivity contribution in [2.75, 3.05) is 0 Å². The van der Waals surface area contributed by atoms with Crippen LogP contribution in [0.2, 0.25) is 0 Å². The summed E-state index contributed by atoms with van der Waals surface area (Å²) in [6.07, 6.45) is 0. The lowest BCUT2D eigenvalue weighted by molar-refractivity contribution is 1.31. The molecule has 0 nitrogen and oxygen atoms in total. The first-order valence-electron chi connectivity index (χ1n) is 3.92. The fourth-order valence-electron chi connectivity index (χ4n) is 0.958. The van der Waals surface area contributed by atoms with Crippen LogP contribution in [0.25, 0.3) is 0 Å². The summed E-state index contributed by atoms with van der Waals surface area (Å²) in [7, 11) is 0. The maximum Gasteiger partial charge on any atom is 0.0311 e. The van der Waals surface area contributed by atoms with Crippen molar-refractivity contribution < 1.29 is 0 Å². The zero-order valence-electron chi connectivity index (χ0n) is 7.42. The Morgan fingerprint density at radius 2 is 2.08 bits per heavy atom. The van der Waals surface area contributed by atoms with Crippen LogP contribution in [-0.2, 0) is 5.75 Å². The second kappa shape index (κ2) is 4.90. The Hall–Kier alpha value is -0.870. The molecule has 62 valence electrons. The number of rotatable bonds is 2. The maximum absolute atomic E-state index is 2.99. The van der Waals surface area contributed by atoms with E-state index >= 15 is 0 Å². The number of thioether (sulfide) groups is 1. The molecule has 0 aliphatic heterocycles. The summed E-state index contributed by atoms with van der Waals surface area (Å²) in [5.41, 5.74) is 2.73. The molecule has 0 amide bonds. The largest absolute Gasteiger partial charge is 0.0947 e. The van der Waals surface area contributed by atoms with Gasteiger partial charge >= 0.3 is 0 Å². The van der Waals surface area contributed by atoms with E-state index in [9.17, 15) is 0 Å². The maximum atomic E-state index is 2.99. The molecule has 0 atom stereocenters. The van der Waals surface area contributed by atoms with Gasteiger partial charge in [-0.3, -0.25) is 0 Å². The summed E-state index contributed by atoms with van der Waals surface area (Å²) in [4.78, 5) is 0. The van der Waals surface area contributed by atoms with Crippen molar-refractivity contribution in [2.45, 2.75) is 19.6 Å². The van der Waals surface area contributed by atoms with Gasteiger partial charge < -0.3 is 0 Å². The summed E-state index contributed by atoms with van der Waals surface area (Å²) in [6.45, 7) is 4.00. The van der Waals surface area contributed by atoms with Crippen molar-refractivity contribution >= 4 is 11.8 Å². The van der Waals surface area contributed by atoms with E-state index in [1.54, 1.807) is 11.8 Å². The van der Waals surface area contributed by atoms with Gasteiger partial charge in [0.1, 0.15) is 0 Å². The summed E-state index contributed by atoms with van der Waals surface area (Å²) >= 11 is 1.66. The Morgan fingerprint density at radius 3 is 2.75 bits per heavy atom. The van der Waals surface area contributed by atoms with E-state index in [1.165, 1.54) is 11.1 Å². The fourth-order valence-corrected chi connectivity index (χ4v) is 1.65. The summed E-state index contributed by atoms with van der Waals surface area (Å²) in [5, 5.41) is 2.99. The first-order chi connectivity index (χ1) is 5.84. The van der Waals surface area contributed by atoms with E-state index in [0.717, 1.165) is 5.75 Å². The van der Waals surface area contributed by atoms with Gasteiger partial charge in [-0.1, -0.05) is 41.9 Å². The number of hydrogen-bond donors (Lipinski definition) is 0. The van der Waals surface area contributed by atoms with E-state index in [0.29, 0.717) is 0 Å². The lowest BCUT2D eigenvalue weighted by Gasteiger charge is -2.00. The molecule has 0 saturated carbocycles. The van der Waals surface area contributed by atoms with Crippen molar-refractivity contribution in [2.24, 2.45) is 0 Å². The quantitative estimate of drug-likeness (QED) is 0.623. The molecule has 0 saturated heterocycles. The average molecular weight is 176 g/mol. The molecule has 1 rings (SSSR count). The molecular formula is C11H12S. The number of aryl methyl sites for hydroxylation is 1. The standard InChI is InChI=1S/C11H12S/c1-3-8-12-9-11-7-5-4-6-10(11)2/h4-7H,9H2,1-2H3. The van der Waals surface area contributed by atoms with Crippen LogP contribution in [-0.4, -0.2) is 0 Å². The lowest BCUT2D eigenvalue weighted by atomic mass is 10.1. The van der Waals surface area contributed by atoms with Crippen LogP contribution < -0.4 is 0 Å². The van der Waals surface area contributed by atoms with Gasteiger partial charge in [-0.25, -0.2) is 0 Å². The van der Waals surface area contributed by atoms with Gasteiger partial charge in [0.05, 0.1) is 0 Å². The number of benzene rings is 1. The molecule has 0 N–H and O–H groups in total. The summed E-state index contributed by atoms with van der Waals surface area (Å²) in [5.74, 6) is 3.86. The third-order valence-electron chi connectivity index (χ3n) is 1.66. The van der Waals surface area contributed by atoms with Gasteiger partial charge in [0, 0.05) is 5.75 Å². The van der Waals surface area contributed by atoms with Gasteiger partial charge in [0.15, 0.2) is 0 Å². The molecule has 0 aromatic heterocycles. The smallest absolute Gasteiger partial charge is 0.0311 e. The molecule has 0 heterocycles. The van der Waals surface area contributed by atoms with Crippen LogP contribution in [0.15, 0.2) is 24.3 Å². The third kappa shape index (κ3) is 2.64. The molecule has 0 bridgehead atoms. The van der Waals surface area contributed by atoms with Crippen molar-refractivity contribution in [3.63, 3.8) is 0 Å². The Kier molecular flexibility index (Phi) is 3.76. The zero-order valence-corrected chi connectivity index (χ0v) is 8.24. The normalized spacial score (nSPS) is 8.83. The molecular weight excluding hydrogens is 164 g/mol. The molecule has 0 unspecified atom stereocenters. The SMILES string of the molecule is CC#CSCc1ccccc1C. The highest BCUT2D eigenvalue weighted by Crippen LogP contribution is 2.14. The molecule has 0 spiro atoms. The van der Waals surface area contributed by atoms with Crippen LogP contribution in [0, 0.1) is 18.1 Å². The summed E-state index contributed by atoms with van der Waals surface area (Å²) < 4.78 is 0. The monoisotopic (exact) mass is 176 g/mol. The Morgan fingerprint density at radius 1 is 1.33 bits per heavy atom. The molecule has 0 aliphatic rings. The predicted molar refractivity (Wildman–Crippen MR) is 55.9 cm³/mol. The van der Waals surface area contributed by atoms with E-state index < -0.39 is 0 Å². The molecule has 0 fully saturated rings. The van der Waals surface area contributed by atoms with Gasteiger partial charge in [-0.2, -0.15) is 0 Å². The molecule has 1 heteroatoms.